The molecule has 0 saturated carbocycles. The van der Waals surface area contributed by atoms with E-state index in [1.807, 2.05) is 12.1 Å². The van der Waals surface area contributed by atoms with Gasteiger partial charge in [-0.15, -0.1) is 0 Å². The predicted molar refractivity (Wildman–Crippen MR) is 94.4 cm³/mol. The Morgan fingerprint density at radius 3 is 2.42 bits per heavy atom. The second-order valence-electron chi connectivity index (χ2n) is 5.96. The number of nitro groups is 1. The molecule has 0 N–H and O–H groups in total. The summed E-state index contributed by atoms with van der Waals surface area (Å²) in [6.45, 7) is 0.497. The van der Waals surface area contributed by atoms with Gasteiger partial charge >= 0.3 is 5.91 Å². The molecular formula is C18H18ClN2O3+. The van der Waals surface area contributed by atoms with Gasteiger partial charge < -0.3 is 0 Å². The van der Waals surface area contributed by atoms with Crippen LogP contribution in [0.1, 0.15) is 11.1 Å². The zero-order valence-corrected chi connectivity index (χ0v) is 14.2. The van der Waals surface area contributed by atoms with E-state index in [-0.39, 0.29) is 16.1 Å². The van der Waals surface area contributed by atoms with Crippen LogP contribution in [0.5, 0.6) is 0 Å². The SMILES string of the molecule is C[N+](C)(Cc1ccc(Cl)cc1)C(=O)/C=C/c1ccccc1[N+](=O)[O-]. The third-order valence-electron chi connectivity index (χ3n) is 3.63. The lowest BCUT2D eigenvalue weighted by Crippen LogP contribution is -2.43. The van der Waals surface area contributed by atoms with Crippen LogP contribution in [0, 0.1) is 10.1 Å². The zero-order chi connectivity index (χ0) is 17.7. The van der Waals surface area contributed by atoms with Gasteiger partial charge in [0.05, 0.1) is 24.6 Å². The standard InChI is InChI=1S/C18H18ClN2O3/c1-21(2,13-14-7-10-16(19)11-8-14)18(22)12-9-15-5-3-4-6-17(15)20(23)24/h3-12H,13H2,1-2H3/q+1/b12-9+. The fraction of sp³-hybridized carbons (Fsp3) is 0.167. The highest BCUT2D eigenvalue weighted by Gasteiger charge is 2.24. The molecule has 5 nitrogen and oxygen atoms in total. The van der Waals surface area contributed by atoms with E-state index in [0.717, 1.165) is 5.56 Å². The molecule has 6 heteroatoms. The number of amides is 1. The molecular weight excluding hydrogens is 328 g/mol. The first-order valence-electron chi connectivity index (χ1n) is 7.33. The van der Waals surface area contributed by atoms with Crippen LogP contribution in [0.2, 0.25) is 5.02 Å². The van der Waals surface area contributed by atoms with E-state index in [9.17, 15) is 14.9 Å². The smallest absolute Gasteiger partial charge is 0.258 e. The maximum atomic E-state index is 12.5. The molecule has 0 aromatic heterocycles. The molecule has 0 radical (unpaired) electrons. The summed E-state index contributed by atoms with van der Waals surface area (Å²) < 4.78 is 0.0960. The number of halogens is 1. The first-order chi connectivity index (χ1) is 11.3. The van der Waals surface area contributed by atoms with Crippen molar-refractivity contribution in [2.75, 3.05) is 14.1 Å². The highest BCUT2D eigenvalue weighted by Crippen LogP contribution is 2.20. The van der Waals surface area contributed by atoms with Gasteiger partial charge in [0, 0.05) is 22.7 Å². The average Bonchev–Trinajstić information content (AvgIpc) is 2.54. The van der Waals surface area contributed by atoms with Crippen molar-refractivity contribution < 1.29 is 14.2 Å². The van der Waals surface area contributed by atoms with Crippen LogP contribution in [-0.2, 0) is 11.3 Å². The van der Waals surface area contributed by atoms with E-state index >= 15 is 0 Å². The third-order valence-corrected chi connectivity index (χ3v) is 3.88. The van der Waals surface area contributed by atoms with Crippen molar-refractivity contribution in [3.63, 3.8) is 0 Å². The number of benzene rings is 2. The summed E-state index contributed by atoms with van der Waals surface area (Å²) in [6, 6.07) is 13.6. The number of nitrogens with zero attached hydrogens (tertiary/aromatic N) is 2. The van der Waals surface area contributed by atoms with Crippen LogP contribution in [0.25, 0.3) is 6.08 Å². The van der Waals surface area contributed by atoms with E-state index in [4.69, 9.17) is 11.6 Å². The lowest BCUT2D eigenvalue weighted by molar-refractivity contribution is -0.825. The maximum absolute atomic E-state index is 12.5. The number of para-hydroxylation sites is 1. The molecule has 0 bridgehead atoms. The van der Waals surface area contributed by atoms with Crippen LogP contribution in [0.3, 0.4) is 0 Å². The lowest BCUT2D eigenvalue weighted by Gasteiger charge is -2.25. The van der Waals surface area contributed by atoms with Crippen molar-refractivity contribution in [3.05, 3.63) is 80.9 Å². The molecule has 0 atom stereocenters. The molecule has 0 aliphatic rings. The summed E-state index contributed by atoms with van der Waals surface area (Å²) >= 11 is 5.87. The number of likely N-dealkylation sites (N-methyl/N-ethyl adjacent to an activating group) is 1. The molecule has 0 spiro atoms. The normalized spacial score (nSPS) is 11.6. The summed E-state index contributed by atoms with van der Waals surface area (Å²) in [7, 11) is 3.58. The van der Waals surface area contributed by atoms with E-state index in [1.54, 1.807) is 44.4 Å². The Morgan fingerprint density at radius 1 is 1.17 bits per heavy atom. The molecule has 2 aromatic rings. The number of carbonyl (C=O) groups excluding carboxylic acids is 1. The monoisotopic (exact) mass is 345 g/mol. The first kappa shape index (κ1) is 17.8. The minimum Gasteiger partial charge on any atom is -0.258 e. The van der Waals surface area contributed by atoms with Gasteiger partial charge in [0.2, 0.25) is 0 Å². The Hall–Kier alpha value is -2.50. The van der Waals surface area contributed by atoms with Crippen molar-refractivity contribution in [2.45, 2.75) is 6.54 Å². The van der Waals surface area contributed by atoms with Crippen LogP contribution in [0.4, 0.5) is 5.69 Å². The van der Waals surface area contributed by atoms with E-state index in [0.29, 0.717) is 17.1 Å². The summed E-state index contributed by atoms with van der Waals surface area (Å²) in [4.78, 5) is 23.0. The fourth-order valence-corrected chi connectivity index (χ4v) is 2.41. The summed E-state index contributed by atoms with van der Waals surface area (Å²) in [5.74, 6) is -0.150. The van der Waals surface area contributed by atoms with Crippen molar-refractivity contribution in [2.24, 2.45) is 0 Å². The van der Waals surface area contributed by atoms with Crippen molar-refractivity contribution in [1.29, 1.82) is 0 Å². The van der Waals surface area contributed by atoms with Gasteiger partial charge in [-0.3, -0.25) is 14.6 Å². The van der Waals surface area contributed by atoms with E-state index < -0.39 is 4.92 Å². The summed E-state index contributed by atoms with van der Waals surface area (Å²) in [5.41, 5.74) is 1.36. The predicted octanol–water partition coefficient (Wildman–Crippen LogP) is 4.06. The molecule has 124 valence electrons. The molecule has 2 rings (SSSR count). The molecule has 24 heavy (non-hydrogen) atoms. The molecule has 0 unspecified atom stereocenters. The highest BCUT2D eigenvalue weighted by molar-refractivity contribution is 6.30. The van der Waals surface area contributed by atoms with Crippen LogP contribution >= 0.6 is 11.6 Å². The number of rotatable bonds is 5. The van der Waals surface area contributed by atoms with Crippen molar-refractivity contribution >= 4 is 29.3 Å². The maximum Gasteiger partial charge on any atom is 0.338 e. The average molecular weight is 346 g/mol. The second-order valence-corrected chi connectivity index (χ2v) is 6.39. The van der Waals surface area contributed by atoms with Gasteiger partial charge in [-0.1, -0.05) is 35.9 Å². The first-order valence-corrected chi connectivity index (χ1v) is 7.71. The van der Waals surface area contributed by atoms with Crippen LogP contribution < -0.4 is 0 Å². The lowest BCUT2D eigenvalue weighted by atomic mass is 10.1. The Bertz CT molecular complexity index is 783. The molecule has 0 fully saturated rings. The van der Waals surface area contributed by atoms with Gasteiger partial charge in [0.1, 0.15) is 6.54 Å². The topological polar surface area (TPSA) is 60.2 Å². The van der Waals surface area contributed by atoms with E-state index in [2.05, 4.69) is 0 Å². The fourth-order valence-electron chi connectivity index (χ4n) is 2.28. The molecule has 0 aliphatic heterocycles. The highest BCUT2D eigenvalue weighted by atomic mass is 35.5. The number of hydrogen-bond donors (Lipinski definition) is 0. The quantitative estimate of drug-likeness (QED) is 0.355. The molecule has 0 saturated heterocycles. The largest absolute Gasteiger partial charge is 0.338 e. The minimum absolute atomic E-state index is 0.0236. The molecule has 0 aliphatic carbocycles. The molecule has 1 amide bonds. The Balaban J connectivity index is 2.15. The van der Waals surface area contributed by atoms with Gasteiger partial charge in [0.15, 0.2) is 0 Å². The summed E-state index contributed by atoms with van der Waals surface area (Å²) in [6.07, 6.45) is 2.88. The number of nitro benzene ring substituents is 1. The Kier molecular flexibility index (Phi) is 5.49. The zero-order valence-electron chi connectivity index (χ0n) is 13.5. The Labute approximate surface area is 145 Å². The van der Waals surface area contributed by atoms with Gasteiger partial charge in [0.25, 0.3) is 5.69 Å². The summed E-state index contributed by atoms with van der Waals surface area (Å²) in [5, 5.41) is 11.6. The van der Waals surface area contributed by atoms with Gasteiger partial charge in [-0.25, -0.2) is 4.79 Å². The second kappa shape index (κ2) is 7.38. The van der Waals surface area contributed by atoms with Gasteiger partial charge in [-0.05, 0) is 24.3 Å². The number of hydrogen-bond acceptors (Lipinski definition) is 3. The minimum atomic E-state index is -0.460. The number of carbonyl (C=O) groups is 1. The Morgan fingerprint density at radius 2 is 1.79 bits per heavy atom. The van der Waals surface area contributed by atoms with Gasteiger partial charge in [-0.2, -0.15) is 0 Å². The number of quaternary nitrogens is 1. The van der Waals surface area contributed by atoms with Crippen molar-refractivity contribution in [3.8, 4) is 0 Å². The molecule has 2 aromatic carbocycles. The third kappa shape index (κ3) is 4.50. The van der Waals surface area contributed by atoms with Crippen LogP contribution in [-0.4, -0.2) is 29.4 Å². The molecule has 0 heterocycles. The van der Waals surface area contributed by atoms with Crippen LogP contribution in [0.15, 0.2) is 54.6 Å². The van der Waals surface area contributed by atoms with E-state index in [1.165, 1.54) is 18.2 Å². The van der Waals surface area contributed by atoms with Crippen molar-refractivity contribution in [1.82, 2.24) is 0 Å².